The van der Waals surface area contributed by atoms with E-state index in [1.165, 1.54) is 7.11 Å². The Labute approximate surface area is 90.7 Å². The Bertz CT molecular complexity index is 341. The van der Waals surface area contributed by atoms with Crippen LogP contribution in [0, 0.1) is 6.92 Å². The van der Waals surface area contributed by atoms with Crippen LogP contribution < -0.4 is 10.6 Å². The fourth-order valence-electron chi connectivity index (χ4n) is 1.24. The molecule has 0 saturated carbocycles. The van der Waals surface area contributed by atoms with E-state index in [1.807, 2.05) is 6.92 Å². The molecule has 1 aromatic carbocycles. The molecule has 0 saturated heterocycles. The van der Waals surface area contributed by atoms with Gasteiger partial charge in [0.15, 0.2) is 11.5 Å². The van der Waals surface area contributed by atoms with Crippen molar-refractivity contribution in [2.24, 2.45) is 5.90 Å². The molecule has 0 unspecified atom stereocenters. The first-order chi connectivity index (χ1) is 6.61. The minimum atomic E-state index is 0.0950. The van der Waals surface area contributed by atoms with Crippen molar-refractivity contribution in [1.82, 2.24) is 0 Å². The van der Waals surface area contributed by atoms with Gasteiger partial charge in [-0.15, -0.1) is 0 Å². The molecule has 0 spiro atoms. The lowest BCUT2D eigenvalue weighted by Crippen LogP contribution is -2.02. The van der Waals surface area contributed by atoms with Gasteiger partial charge in [-0.25, -0.2) is 5.90 Å². The molecule has 0 aliphatic rings. The molecule has 0 heterocycles. The standard InChI is InChI=1S/C9H12BrNO3/c1-5-3-7(12)9(13-2)8(10)6(5)4-14-11/h3,12H,4,11H2,1-2H3. The van der Waals surface area contributed by atoms with Gasteiger partial charge >= 0.3 is 0 Å². The molecule has 0 radical (unpaired) electrons. The molecule has 0 atom stereocenters. The summed E-state index contributed by atoms with van der Waals surface area (Å²) < 4.78 is 5.69. The smallest absolute Gasteiger partial charge is 0.175 e. The highest BCUT2D eigenvalue weighted by molar-refractivity contribution is 9.10. The molecular formula is C9H12BrNO3. The Morgan fingerprint density at radius 2 is 2.21 bits per heavy atom. The predicted octanol–water partition coefficient (Wildman–Crippen LogP) is 1.86. The number of aryl methyl sites for hydroxylation is 1. The average molecular weight is 262 g/mol. The summed E-state index contributed by atoms with van der Waals surface area (Å²) in [6, 6.07) is 1.61. The van der Waals surface area contributed by atoms with Gasteiger partial charge in [-0.2, -0.15) is 0 Å². The van der Waals surface area contributed by atoms with Crippen LogP contribution in [0.4, 0.5) is 0 Å². The van der Waals surface area contributed by atoms with E-state index in [0.29, 0.717) is 10.2 Å². The van der Waals surface area contributed by atoms with E-state index in [4.69, 9.17) is 10.6 Å². The number of phenolic OH excluding ortho intramolecular Hbond substituents is 1. The van der Waals surface area contributed by atoms with E-state index < -0.39 is 0 Å². The van der Waals surface area contributed by atoms with E-state index in [0.717, 1.165) is 11.1 Å². The molecule has 3 N–H and O–H groups in total. The van der Waals surface area contributed by atoms with Crippen LogP contribution in [0.15, 0.2) is 10.5 Å². The number of methoxy groups -OCH3 is 1. The van der Waals surface area contributed by atoms with Crippen molar-refractivity contribution in [3.8, 4) is 11.5 Å². The maximum atomic E-state index is 9.54. The largest absolute Gasteiger partial charge is 0.504 e. The number of hydrogen-bond donors (Lipinski definition) is 2. The number of phenols is 1. The lowest BCUT2D eigenvalue weighted by Gasteiger charge is -2.12. The first-order valence-corrected chi connectivity index (χ1v) is 4.77. The fraction of sp³-hybridized carbons (Fsp3) is 0.333. The zero-order valence-corrected chi connectivity index (χ0v) is 9.59. The fourth-order valence-corrected chi connectivity index (χ4v) is 2.03. The maximum absolute atomic E-state index is 9.54. The highest BCUT2D eigenvalue weighted by Crippen LogP contribution is 2.38. The number of aromatic hydroxyl groups is 1. The first kappa shape index (κ1) is 11.3. The molecule has 4 nitrogen and oxygen atoms in total. The lowest BCUT2D eigenvalue weighted by molar-refractivity contribution is 0.123. The Balaban J connectivity index is 3.28. The molecule has 0 aliphatic heterocycles. The number of halogens is 1. The van der Waals surface area contributed by atoms with E-state index in [2.05, 4.69) is 20.8 Å². The summed E-state index contributed by atoms with van der Waals surface area (Å²) in [5.41, 5.74) is 1.75. The molecular weight excluding hydrogens is 250 g/mol. The van der Waals surface area contributed by atoms with Crippen molar-refractivity contribution >= 4 is 15.9 Å². The second kappa shape index (κ2) is 4.63. The molecule has 1 rings (SSSR count). The van der Waals surface area contributed by atoms with Crippen LogP contribution in [-0.4, -0.2) is 12.2 Å². The van der Waals surface area contributed by atoms with Crippen molar-refractivity contribution in [1.29, 1.82) is 0 Å². The van der Waals surface area contributed by atoms with Gasteiger partial charge in [0.05, 0.1) is 18.2 Å². The van der Waals surface area contributed by atoms with Crippen molar-refractivity contribution in [3.05, 3.63) is 21.7 Å². The topological polar surface area (TPSA) is 64.7 Å². The molecule has 0 aromatic heterocycles. The number of ether oxygens (including phenoxy) is 1. The van der Waals surface area contributed by atoms with Gasteiger partial charge in [0, 0.05) is 5.56 Å². The van der Waals surface area contributed by atoms with Gasteiger partial charge in [0.1, 0.15) is 0 Å². The average Bonchev–Trinajstić information content (AvgIpc) is 2.12. The highest BCUT2D eigenvalue weighted by atomic mass is 79.9. The number of hydrogen-bond acceptors (Lipinski definition) is 4. The summed E-state index contributed by atoms with van der Waals surface area (Å²) in [6.07, 6.45) is 0. The maximum Gasteiger partial charge on any atom is 0.175 e. The van der Waals surface area contributed by atoms with Crippen LogP contribution in [0.5, 0.6) is 11.5 Å². The lowest BCUT2D eigenvalue weighted by atomic mass is 10.1. The Morgan fingerprint density at radius 1 is 1.57 bits per heavy atom. The molecule has 0 amide bonds. The van der Waals surface area contributed by atoms with Crippen LogP contribution in [0.3, 0.4) is 0 Å². The van der Waals surface area contributed by atoms with E-state index in [-0.39, 0.29) is 12.4 Å². The molecule has 0 bridgehead atoms. The summed E-state index contributed by atoms with van der Waals surface area (Å²) in [7, 11) is 1.49. The third-order valence-corrected chi connectivity index (χ3v) is 2.80. The third-order valence-electron chi connectivity index (χ3n) is 1.96. The summed E-state index contributed by atoms with van der Waals surface area (Å²) in [5, 5.41) is 9.54. The van der Waals surface area contributed by atoms with Gasteiger partial charge in [-0.1, -0.05) is 0 Å². The first-order valence-electron chi connectivity index (χ1n) is 3.98. The monoisotopic (exact) mass is 261 g/mol. The zero-order valence-electron chi connectivity index (χ0n) is 8.00. The normalized spacial score (nSPS) is 10.3. The van der Waals surface area contributed by atoms with Gasteiger partial charge < -0.3 is 9.84 Å². The second-order valence-electron chi connectivity index (χ2n) is 2.85. The molecule has 0 fully saturated rings. The summed E-state index contributed by atoms with van der Waals surface area (Å²) in [4.78, 5) is 4.56. The van der Waals surface area contributed by atoms with Crippen LogP contribution in [0.2, 0.25) is 0 Å². The summed E-state index contributed by atoms with van der Waals surface area (Å²) in [5.74, 6) is 5.49. The highest BCUT2D eigenvalue weighted by Gasteiger charge is 2.14. The van der Waals surface area contributed by atoms with Crippen molar-refractivity contribution < 1.29 is 14.7 Å². The third kappa shape index (κ3) is 2.00. The van der Waals surface area contributed by atoms with E-state index >= 15 is 0 Å². The van der Waals surface area contributed by atoms with E-state index in [9.17, 15) is 5.11 Å². The number of rotatable bonds is 3. The van der Waals surface area contributed by atoms with Crippen molar-refractivity contribution in [2.45, 2.75) is 13.5 Å². The molecule has 0 aliphatic carbocycles. The van der Waals surface area contributed by atoms with Gasteiger partial charge in [0.25, 0.3) is 0 Å². The van der Waals surface area contributed by atoms with Gasteiger partial charge in [0.2, 0.25) is 0 Å². The van der Waals surface area contributed by atoms with E-state index in [1.54, 1.807) is 6.07 Å². The minimum Gasteiger partial charge on any atom is -0.504 e. The quantitative estimate of drug-likeness (QED) is 0.816. The second-order valence-corrected chi connectivity index (χ2v) is 3.64. The Hall–Kier alpha value is -0.780. The molecule has 5 heteroatoms. The Morgan fingerprint density at radius 3 is 2.71 bits per heavy atom. The van der Waals surface area contributed by atoms with Gasteiger partial charge in [-0.3, -0.25) is 4.84 Å². The van der Waals surface area contributed by atoms with Crippen molar-refractivity contribution in [3.63, 3.8) is 0 Å². The predicted molar refractivity (Wildman–Crippen MR) is 56.1 cm³/mol. The zero-order chi connectivity index (χ0) is 10.7. The SMILES string of the molecule is COc1c(O)cc(C)c(CON)c1Br. The van der Waals surface area contributed by atoms with Crippen LogP contribution >= 0.6 is 15.9 Å². The number of nitrogens with two attached hydrogens (primary N) is 1. The number of benzene rings is 1. The Kier molecular flexibility index (Phi) is 3.74. The molecule has 78 valence electrons. The van der Waals surface area contributed by atoms with Crippen LogP contribution in [0.25, 0.3) is 0 Å². The summed E-state index contributed by atoms with van der Waals surface area (Å²) in [6.45, 7) is 2.13. The molecule has 14 heavy (non-hydrogen) atoms. The summed E-state index contributed by atoms with van der Waals surface area (Å²) >= 11 is 3.32. The molecule has 1 aromatic rings. The minimum absolute atomic E-state index is 0.0950. The van der Waals surface area contributed by atoms with Crippen LogP contribution in [0.1, 0.15) is 11.1 Å². The van der Waals surface area contributed by atoms with Gasteiger partial charge in [-0.05, 0) is 34.5 Å². The van der Waals surface area contributed by atoms with Crippen molar-refractivity contribution in [2.75, 3.05) is 7.11 Å². The van der Waals surface area contributed by atoms with Crippen LogP contribution in [-0.2, 0) is 11.4 Å².